The summed E-state index contributed by atoms with van der Waals surface area (Å²) in [6.07, 6.45) is -3.91. The average molecular weight is 436 g/mol. The second-order valence-electron chi connectivity index (χ2n) is 7.77. The molecule has 0 atom stereocenters. The number of carbonyl (C=O) groups is 1. The van der Waals surface area contributed by atoms with E-state index in [9.17, 15) is 18.0 Å². The molecule has 168 valence electrons. The molecular weight excluding hydrogens is 409 g/mol. The number of rotatable bonds is 5. The Morgan fingerprint density at radius 2 is 1.74 bits per heavy atom. The molecule has 0 aromatic heterocycles. The molecule has 31 heavy (non-hydrogen) atoms. The molecular formula is C23H27F3N2O3. The van der Waals surface area contributed by atoms with Crippen molar-refractivity contribution in [2.75, 3.05) is 39.3 Å². The molecule has 2 aromatic carbocycles. The van der Waals surface area contributed by atoms with Gasteiger partial charge in [-0.3, -0.25) is 9.69 Å². The zero-order valence-electron chi connectivity index (χ0n) is 17.7. The summed E-state index contributed by atoms with van der Waals surface area (Å²) in [6.45, 7) is 7.20. The minimum atomic E-state index is -4.75. The third kappa shape index (κ3) is 5.98. The number of aryl methyl sites for hydroxylation is 2. The van der Waals surface area contributed by atoms with E-state index in [4.69, 9.17) is 5.11 Å². The number of alkyl halides is 3. The molecule has 0 bridgehead atoms. The first-order valence-electron chi connectivity index (χ1n) is 10.3. The zero-order valence-corrected chi connectivity index (χ0v) is 17.7. The quantitative estimate of drug-likeness (QED) is 0.770. The van der Waals surface area contributed by atoms with Crippen molar-refractivity contribution in [2.24, 2.45) is 0 Å². The van der Waals surface area contributed by atoms with Gasteiger partial charge in [0.05, 0.1) is 6.61 Å². The first-order valence-corrected chi connectivity index (χ1v) is 10.3. The summed E-state index contributed by atoms with van der Waals surface area (Å²) in [5.41, 5.74) is 3.49. The number of nitrogens with zero attached hydrogens (tertiary/aromatic N) is 2. The van der Waals surface area contributed by atoms with E-state index >= 15 is 0 Å². The Morgan fingerprint density at radius 1 is 1.03 bits per heavy atom. The fourth-order valence-electron chi connectivity index (χ4n) is 4.04. The van der Waals surface area contributed by atoms with Crippen molar-refractivity contribution in [3.63, 3.8) is 0 Å². The smallest absolute Gasteiger partial charge is 0.406 e. The lowest BCUT2D eigenvalue weighted by Crippen LogP contribution is -2.36. The van der Waals surface area contributed by atoms with E-state index in [-0.39, 0.29) is 18.3 Å². The fourth-order valence-corrected chi connectivity index (χ4v) is 4.04. The molecule has 1 fully saturated rings. The molecule has 1 heterocycles. The summed E-state index contributed by atoms with van der Waals surface area (Å²) in [6, 6.07) is 9.46. The van der Waals surface area contributed by atoms with Gasteiger partial charge in [-0.25, -0.2) is 0 Å². The van der Waals surface area contributed by atoms with Crippen LogP contribution in [0.5, 0.6) is 5.75 Å². The van der Waals surface area contributed by atoms with Crippen LogP contribution in [0, 0.1) is 13.8 Å². The number of halogens is 3. The fraction of sp³-hybridized carbons (Fsp3) is 0.435. The predicted octanol–water partition coefficient (Wildman–Crippen LogP) is 4.01. The number of benzene rings is 2. The highest BCUT2D eigenvalue weighted by atomic mass is 19.4. The van der Waals surface area contributed by atoms with Crippen molar-refractivity contribution in [3.8, 4) is 16.9 Å². The Balaban J connectivity index is 1.82. The molecule has 8 heteroatoms. The Morgan fingerprint density at radius 3 is 2.39 bits per heavy atom. The molecule has 0 saturated carbocycles. The SMILES string of the molecule is Cc1cc(-c2cccc(OC(F)(F)F)c2)cc(C)c1C(=O)N1CCCN(CCO)CC1. The molecule has 1 aliphatic heterocycles. The minimum absolute atomic E-state index is 0.0402. The summed E-state index contributed by atoms with van der Waals surface area (Å²) in [7, 11) is 0. The van der Waals surface area contributed by atoms with Gasteiger partial charge in [0.2, 0.25) is 0 Å². The Hall–Kier alpha value is -2.58. The molecule has 0 unspecified atom stereocenters. The number of β-amino-alcohol motifs (C(OH)–C–C–N with tert-alkyl or cyclic N) is 1. The van der Waals surface area contributed by atoms with E-state index in [1.165, 1.54) is 18.2 Å². The second kappa shape index (κ2) is 9.70. The number of hydrogen-bond donors (Lipinski definition) is 1. The van der Waals surface area contributed by atoms with Gasteiger partial charge in [-0.1, -0.05) is 24.3 Å². The van der Waals surface area contributed by atoms with Gasteiger partial charge in [-0.05, 0) is 61.2 Å². The van der Waals surface area contributed by atoms with Gasteiger partial charge in [0.25, 0.3) is 5.91 Å². The van der Waals surface area contributed by atoms with Crippen LogP contribution in [0.2, 0.25) is 0 Å². The van der Waals surface area contributed by atoms with E-state index < -0.39 is 6.36 Å². The lowest BCUT2D eigenvalue weighted by Gasteiger charge is -2.23. The van der Waals surface area contributed by atoms with Crippen LogP contribution in [0.1, 0.15) is 27.9 Å². The van der Waals surface area contributed by atoms with Gasteiger partial charge >= 0.3 is 6.36 Å². The highest BCUT2D eigenvalue weighted by Gasteiger charge is 2.31. The first-order chi connectivity index (χ1) is 14.7. The van der Waals surface area contributed by atoms with E-state index in [0.29, 0.717) is 37.3 Å². The molecule has 2 aromatic rings. The van der Waals surface area contributed by atoms with E-state index in [0.717, 1.165) is 29.7 Å². The topological polar surface area (TPSA) is 53.0 Å². The number of amides is 1. The molecule has 1 aliphatic rings. The van der Waals surface area contributed by atoms with Gasteiger partial charge in [0.15, 0.2) is 0 Å². The van der Waals surface area contributed by atoms with Gasteiger partial charge < -0.3 is 14.7 Å². The van der Waals surface area contributed by atoms with Crippen LogP contribution in [0.4, 0.5) is 13.2 Å². The van der Waals surface area contributed by atoms with Crippen molar-refractivity contribution in [3.05, 3.63) is 53.1 Å². The Bertz CT molecular complexity index is 908. The Labute approximate surface area is 180 Å². The van der Waals surface area contributed by atoms with Gasteiger partial charge in [0.1, 0.15) is 5.75 Å². The normalized spacial score (nSPS) is 15.6. The van der Waals surface area contributed by atoms with E-state index in [2.05, 4.69) is 9.64 Å². The highest BCUT2D eigenvalue weighted by molar-refractivity contribution is 5.98. The van der Waals surface area contributed by atoms with Crippen LogP contribution < -0.4 is 4.74 Å². The maximum Gasteiger partial charge on any atom is 0.573 e. The third-order valence-corrected chi connectivity index (χ3v) is 5.44. The van der Waals surface area contributed by atoms with Crippen molar-refractivity contribution in [1.29, 1.82) is 0 Å². The summed E-state index contributed by atoms with van der Waals surface area (Å²) in [4.78, 5) is 17.2. The van der Waals surface area contributed by atoms with E-state index in [1.54, 1.807) is 6.07 Å². The molecule has 0 radical (unpaired) electrons. The molecule has 0 aliphatic carbocycles. The standard InChI is InChI=1S/C23H27F3N2O3/c1-16-13-19(18-5-3-6-20(15-18)31-23(24,25)26)14-17(2)21(16)22(30)28-8-4-7-27(9-10-28)11-12-29/h3,5-6,13-15,29H,4,7-12H2,1-2H3. The minimum Gasteiger partial charge on any atom is -0.406 e. The summed E-state index contributed by atoms with van der Waals surface area (Å²) >= 11 is 0. The maximum atomic E-state index is 13.2. The van der Waals surface area contributed by atoms with Gasteiger partial charge in [0, 0.05) is 31.7 Å². The van der Waals surface area contributed by atoms with Crippen LogP contribution in [0.3, 0.4) is 0 Å². The molecule has 1 saturated heterocycles. The number of carbonyl (C=O) groups excluding carboxylic acids is 1. The molecule has 3 rings (SSSR count). The number of hydrogen-bond acceptors (Lipinski definition) is 4. The lowest BCUT2D eigenvalue weighted by molar-refractivity contribution is -0.274. The molecule has 1 N–H and O–H groups in total. The molecule has 1 amide bonds. The Kier molecular flexibility index (Phi) is 7.23. The summed E-state index contributed by atoms with van der Waals surface area (Å²) in [5, 5.41) is 9.14. The van der Waals surface area contributed by atoms with Crippen LogP contribution >= 0.6 is 0 Å². The summed E-state index contributed by atoms with van der Waals surface area (Å²) < 4.78 is 41.6. The average Bonchev–Trinajstić information content (AvgIpc) is 2.92. The number of aliphatic hydroxyl groups is 1. The van der Waals surface area contributed by atoms with Crippen LogP contribution in [0.15, 0.2) is 36.4 Å². The number of ether oxygens (including phenoxy) is 1. The third-order valence-electron chi connectivity index (χ3n) is 5.44. The van der Waals surface area contributed by atoms with Crippen molar-refractivity contribution in [2.45, 2.75) is 26.6 Å². The van der Waals surface area contributed by atoms with Gasteiger partial charge in [-0.2, -0.15) is 0 Å². The number of aliphatic hydroxyl groups excluding tert-OH is 1. The second-order valence-corrected chi connectivity index (χ2v) is 7.77. The highest BCUT2D eigenvalue weighted by Crippen LogP contribution is 2.30. The summed E-state index contributed by atoms with van der Waals surface area (Å²) in [5.74, 6) is -0.320. The van der Waals surface area contributed by atoms with Crippen LogP contribution in [-0.2, 0) is 0 Å². The van der Waals surface area contributed by atoms with Crippen molar-refractivity contribution < 1.29 is 27.8 Å². The maximum absolute atomic E-state index is 13.2. The van der Waals surface area contributed by atoms with Crippen LogP contribution in [0.25, 0.3) is 11.1 Å². The van der Waals surface area contributed by atoms with E-state index in [1.807, 2.05) is 30.9 Å². The molecule has 5 nitrogen and oxygen atoms in total. The predicted molar refractivity (Wildman–Crippen MR) is 112 cm³/mol. The monoisotopic (exact) mass is 436 g/mol. The largest absolute Gasteiger partial charge is 0.573 e. The van der Waals surface area contributed by atoms with Gasteiger partial charge in [-0.15, -0.1) is 13.2 Å². The first kappa shape index (κ1) is 23.1. The lowest BCUT2D eigenvalue weighted by atomic mass is 9.94. The zero-order chi connectivity index (χ0) is 22.6. The molecule has 0 spiro atoms. The van der Waals surface area contributed by atoms with Crippen molar-refractivity contribution >= 4 is 5.91 Å². The van der Waals surface area contributed by atoms with Crippen LogP contribution in [-0.4, -0.2) is 66.5 Å². The van der Waals surface area contributed by atoms with Crippen molar-refractivity contribution in [1.82, 2.24) is 9.80 Å².